The van der Waals surface area contributed by atoms with Gasteiger partial charge in [0.25, 0.3) is 0 Å². The molecule has 1 aromatic rings. The molecule has 0 saturated carbocycles. The molecule has 0 fully saturated rings. The monoisotopic (exact) mass is 227 g/mol. The summed E-state index contributed by atoms with van der Waals surface area (Å²) in [6.07, 6.45) is 0. The maximum absolute atomic E-state index is 11.2. The van der Waals surface area contributed by atoms with Gasteiger partial charge in [-0.15, -0.1) is 0 Å². The van der Waals surface area contributed by atoms with Gasteiger partial charge < -0.3 is 5.32 Å². The van der Waals surface area contributed by atoms with Crippen molar-refractivity contribution in [1.29, 1.82) is 0 Å². The predicted octanol–water partition coefficient (Wildman–Crippen LogP) is 2.41. The summed E-state index contributed by atoms with van der Waals surface area (Å²) in [6.45, 7) is 1.79. The number of amides is 1. The maximum Gasteiger partial charge on any atom is 0.237 e. The Morgan fingerprint density at radius 1 is 1.42 bits per heavy atom. The first kappa shape index (κ1) is 9.26. The number of nitrogens with one attached hydrogen (secondary N) is 1. The average molecular weight is 228 g/mol. The van der Waals surface area contributed by atoms with Crippen molar-refractivity contribution in [3.63, 3.8) is 0 Å². The largest absolute Gasteiger partial charge is 0.325 e. The lowest BCUT2D eigenvalue weighted by atomic mass is 10.3. The van der Waals surface area contributed by atoms with Crippen molar-refractivity contribution >= 4 is 27.5 Å². The van der Waals surface area contributed by atoms with E-state index in [4.69, 9.17) is 0 Å². The fraction of sp³-hybridized carbons (Fsp3) is 0.222. The smallest absolute Gasteiger partial charge is 0.237 e. The third-order valence-electron chi connectivity index (χ3n) is 1.40. The quantitative estimate of drug-likeness (QED) is 0.773. The number of para-hydroxylation sites is 1. The lowest BCUT2D eigenvalue weighted by Gasteiger charge is -2.05. The number of alkyl halides is 1. The molecule has 0 saturated heterocycles. The van der Waals surface area contributed by atoms with Crippen LogP contribution < -0.4 is 5.32 Å². The average Bonchev–Trinajstić information content (AvgIpc) is 2.06. The summed E-state index contributed by atoms with van der Waals surface area (Å²) < 4.78 is 0. The van der Waals surface area contributed by atoms with E-state index in [0.717, 1.165) is 5.69 Å². The first-order chi connectivity index (χ1) is 5.70. The Bertz CT molecular complexity index is 258. The van der Waals surface area contributed by atoms with Crippen molar-refractivity contribution in [2.24, 2.45) is 0 Å². The third-order valence-corrected chi connectivity index (χ3v) is 1.82. The molecule has 0 aliphatic heterocycles. The molecule has 0 heterocycles. The van der Waals surface area contributed by atoms with Gasteiger partial charge in [-0.1, -0.05) is 34.1 Å². The number of carbonyl (C=O) groups excluding carboxylic acids is 1. The van der Waals surface area contributed by atoms with E-state index in [9.17, 15) is 4.79 Å². The highest BCUT2D eigenvalue weighted by Gasteiger charge is 2.07. The molecule has 3 heteroatoms. The molecule has 1 atom stereocenters. The predicted molar refractivity (Wildman–Crippen MR) is 53.5 cm³/mol. The van der Waals surface area contributed by atoms with Crippen molar-refractivity contribution in [3.8, 4) is 0 Å². The van der Waals surface area contributed by atoms with Crippen LogP contribution in [0.3, 0.4) is 0 Å². The van der Waals surface area contributed by atoms with Gasteiger partial charge in [0.2, 0.25) is 5.91 Å². The Labute approximate surface area is 80.1 Å². The summed E-state index contributed by atoms with van der Waals surface area (Å²) in [5, 5.41) is 2.76. The molecule has 0 aromatic heterocycles. The van der Waals surface area contributed by atoms with Gasteiger partial charge in [0, 0.05) is 5.69 Å². The van der Waals surface area contributed by atoms with Crippen molar-refractivity contribution in [2.75, 3.05) is 5.32 Å². The third kappa shape index (κ3) is 2.66. The van der Waals surface area contributed by atoms with E-state index in [-0.39, 0.29) is 10.7 Å². The van der Waals surface area contributed by atoms with E-state index in [2.05, 4.69) is 21.2 Å². The van der Waals surface area contributed by atoms with Crippen LogP contribution in [0.4, 0.5) is 5.69 Å². The molecule has 1 aromatic carbocycles. The van der Waals surface area contributed by atoms with Crippen molar-refractivity contribution in [3.05, 3.63) is 30.3 Å². The zero-order valence-corrected chi connectivity index (χ0v) is 8.34. The Balaban J connectivity index is 2.59. The molecule has 0 radical (unpaired) electrons. The van der Waals surface area contributed by atoms with Gasteiger partial charge in [-0.05, 0) is 19.1 Å². The van der Waals surface area contributed by atoms with Crippen LogP contribution >= 0.6 is 15.9 Å². The van der Waals surface area contributed by atoms with Crippen LogP contribution in [-0.4, -0.2) is 10.7 Å². The maximum atomic E-state index is 11.2. The number of hydrogen-bond donors (Lipinski definition) is 1. The summed E-state index contributed by atoms with van der Waals surface area (Å²) in [5.74, 6) is -0.0267. The van der Waals surface area contributed by atoms with Crippen molar-refractivity contribution in [2.45, 2.75) is 11.8 Å². The van der Waals surface area contributed by atoms with E-state index >= 15 is 0 Å². The first-order valence-corrected chi connectivity index (χ1v) is 4.61. The summed E-state index contributed by atoms with van der Waals surface area (Å²) in [4.78, 5) is 11.0. The molecule has 1 N–H and O–H groups in total. The van der Waals surface area contributed by atoms with Crippen molar-refractivity contribution in [1.82, 2.24) is 0 Å². The Kier molecular flexibility index (Phi) is 3.29. The lowest BCUT2D eigenvalue weighted by Crippen LogP contribution is -2.19. The molecule has 1 rings (SSSR count). The number of carbonyl (C=O) groups is 1. The number of halogens is 1. The van der Waals surface area contributed by atoms with Crippen LogP contribution in [0.25, 0.3) is 0 Å². The van der Waals surface area contributed by atoms with Gasteiger partial charge in [0.1, 0.15) is 0 Å². The van der Waals surface area contributed by atoms with Crippen LogP contribution in [0, 0.1) is 0 Å². The number of anilines is 1. The second kappa shape index (κ2) is 4.26. The SMILES string of the molecule is C[C@H](Br)C(=O)Nc1ccccc1. The van der Waals surface area contributed by atoms with E-state index < -0.39 is 0 Å². The van der Waals surface area contributed by atoms with Crippen LogP contribution in [0.5, 0.6) is 0 Å². The molecule has 1 amide bonds. The summed E-state index contributed by atoms with van der Waals surface area (Å²) >= 11 is 3.19. The molecular formula is C9H10BrNO. The molecule has 64 valence electrons. The molecule has 2 nitrogen and oxygen atoms in total. The van der Waals surface area contributed by atoms with Crippen molar-refractivity contribution < 1.29 is 4.79 Å². The molecule has 0 bridgehead atoms. The standard InChI is InChI=1S/C9H10BrNO/c1-7(10)9(12)11-8-5-3-2-4-6-8/h2-7H,1H3,(H,11,12)/t7-/m0/s1. The lowest BCUT2D eigenvalue weighted by molar-refractivity contribution is -0.115. The molecule has 12 heavy (non-hydrogen) atoms. The molecule has 0 aliphatic rings. The van der Waals surface area contributed by atoms with E-state index in [0.29, 0.717) is 0 Å². The number of rotatable bonds is 2. The topological polar surface area (TPSA) is 29.1 Å². The summed E-state index contributed by atoms with van der Waals surface area (Å²) in [7, 11) is 0. The molecule has 0 aliphatic carbocycles. The van der Waals surface area contributed by atoms with Crippen LogP contribution in [-0.2, 0) is 4.79 Å². The Morgan fingerprint density at radius 3 is 2.50 bits per heavy atom. The van der Waals surface area contributed by atoms with E-state index in [1.807, 2.05) is 30.3 Å². The highest BCUT2D eigenvalue weighted by Crippen LogP contribution is 2.07. The van der Waals surface area contributed by atoms with E-state index in [1.165, 1.54) is 0 Å². The molecule has 0 unspecified atom stereocenters. The minimum absolute atomic E-state index is 0.0267. The van der Waals surface area contributed by atoms with Gasteiger partial charge in [-0.25, -0.2) is 0 Å². The number of benzene rings is 1. The zero-order valence-electron chi connectivity index (χ0n) is 6.75. The van der Waals surface area contributed by atoms with Crippen LogP contribution in [0.2, 0.25) is 0 Å². The van der Waals surface area contributed by atoms with Gasteiger partial charge >= 0.3 is 0 Å². The first-order valence-electron chi connectivity index (χ1n) is 3.70. The molecular weight excluding hydrogens is 218 g/mol. The van der Waals surface area contributed by atoms with E-state index in [1.54, 1.807) is 6.92 Å². The Hall–Kier alpha value is -0.830. The summed E-state index contributed by atoms with van der Waals surface area (Å²) in [6, 6.07) is 9.39. The fourth-order valence-electron chi connectivity index (χ4n) is 0.763. The van der Waals surface area contributed by atoms with Gasteiger partial charge in [0.15, 0.2) is 0 Å². The second-order valence-corrected chi connectivity index (χ2v) is 3.84. The minimum Gasteiger partial charge on any atom is -0.325 e. The zero-order chi connectivity index (χ0) is 8.97. The fourth-order valence-corrected chi connectivity index (χ4v) is 0.878. The van der Waals surface area contributed by atoms with Crippen LogP contribution in [0.15, 0.2) is 30.3 Å². The van der Waals surface area contributed by atoms with Gasteiger partial charge in [0.05, 0.1) is 4.83 Å². The highest BCUT2D eigenvalue weighted by molar-refractivity contribution is 9.10. The van der Waals surface area contributed by atoms with Gasteiger partial charge in [-0.3, -0.25) is 4.79 Å². The van der Waals surface area contributed by atoms with Crippen LogP contribution in [0.1, 0.15) is 6.92 Å². The van der Waals surface area contributed by atoms with Gasteiger partial charge in [-0.2, -0.15) is 0 Å². The highest BCUT2D eigenvalue weighted by atomic mass is 79.9. The minimum atomic E-state index is -0.155. The Morgan fingerprint density at radius 2 is 2.00 bits per heavy atom. The number of hydrogen-bond acceptors (Lipinski definition) is 1. The summed E-state index contributed by atoms with van der Waals surface area (Å²) in [5.41, 5.74) is 0.828. The molecule has 0 spiro atoms. The normalized spacial score (nSPS) is 12.2. The second-order valence-electron chi connectivity index (χ2n) is 2.47.